The SMILES string of the molecule is CC1(C)CCC(C(N)C(N)=O)CC1. The number of hydrogen-bond donors (Lipinski definition) is 2. The van der Waals surface area contributed by atoms with Gasteiger partial charge in [0.15, 0.2) is 0 Å². The molecule has 0 spiro atoms. The molecule has 0 radical (unpaired) electrons. The lowest BCUT2D eigenvalue weighted by Gasteiger charge is -2.35. The Labute approximate surface area is 79.9 Å². The molecule has 0 aliphatic heterocycles. The molecule has 1 unspecified atom stereocenters. The van der Waals surface area contributed by atoms with Gasteiger partial charge in [-0.25, -0.2) is 0 Å². The second-order valence-corrected chi connectivity index (χ2v) is 4.93. The maximum atomic E-state index is 10.9. The first-order chi connectivity index (χ1) is 5.92. The quantitative estimate of drug-likeness (QED) is 0.672. The van der Waals surface area contributed by atoms with E-state index in [1.165, 1.54) is 0 Å². The minimum absolute atomic E-state index is 0.311. The van der Waals surface area contributed by atoms with Crippen molar-refractivity contribution in [3.63, 3.8) is 0 Å². The van der Waals surface area contributed by atoms with Gasteiger partial charge in [0, 0.05) is 0 Å². The largest absolute Gasteiger partial charge is 0.368 e. The minimum atomic E-state index is -0.434. The summed E-state index contributed by atoms with van der Waals surface area (Å²) in [6.45, 7) is 4.53. The average Bonchev–Trinajstić information content (AvgIpc) is 2.03. The number of nitrogens with two attached hydrogens (primary N) is 2. The van der Waals surface area contributed by atoms with Gasteiger partial charge in [0.25, 0.3) is 0 Å². The molecule has 1 saturated carbocycles. The summed E-state index contributed by atoms with van der Waals surface area (Å²) in [5.74, 6) is -0.0461. The molecule has 0 aromatic carbocycles. The summed E-state index contributed by atoms with van der Waals surface area (Å²) in [6.07, 6.45) is 4.38. The van der Waals surface area contributed by atoms with Gasteiger partial charge in [-0.05, 0) is 37.0 Å². The molecular weight excluding hydrogens is 164 g/mol. The molecule has 76 valence electrons. The van der Waals surface area contributed by atoms with Gasteiger partial charge in [0.1, 0.15) is 0 Å². The van der Waals surface area contributed by atoms with Crippen LogP contribution in [0.4, 0.5) is 0 Å². The fourth-order valence-electron chi connectivity index (χ4n) is 2.01. The molecule has 1 rings (SSSR count). The van der Waals surface area contributed by atoms with E-state index >= 15 is 0 Å². The first kappa shape index (κ1) is 10.5. The molecule has 0 saturated heterocycles. The molecule has 13 heavy (non-hydrogen) atoms. The summed E-state index contributed by atoms with van der Waals surface area (Å²) < 4.78 is 0. The molecule has 0 aromatic rings. The van der Waals surface area contributed by atoms with Crippen LogP contribution in [0.5, 0.6) is 0 Å². The van der Waals surface area contributed by atoms with Gasteiger partial charge >= 0.3 is 0 Å². The summed E-state index contributed by atoms with van der Waals surface area (Å²) >= 11 is 0. The van der Waals surface area contributed by atoms with Crippen LogP contribution in [-0.2, 0) is 4.79 Å². The fourth-order valence-corrected chi connectivity index (χ4v) is 2.01. The maximum Gasteiger partial charge on any atom is 0.234 e. The van der Waals surface area contributed by atoms with E-state index in [0.717, 1.165) is 25.7 Å². The Morgan fingerprint density at radius 3 is 2.23 bits per heavy atom. The first-order valence-corrected chi connectivity index (χ1v) is 4.97. The third kappa shape index (κ3) is 2.69. The lowest BCUT2D eigenvalue weighted by molar-refractivity contribution is -0.120. The van der Waals surface area contributed by atoms with Crippen molar-refractivity contribution in [3.8, 4) is 0 Å². The highest BCUT2D eigenvalue weighted by Gasteiger charge is 2.31. The van der Waals surface area contributed by atoms with Crippen LogP contribution in [0.2, 0.25) is 0 Å². The van der Waals surface area contributed by atoms with Crippen LogP contribution in [0.1, 0.15) is 39.5 Å². The predicted molar refractivity (Wildman–Crippen MR) is 52.9 cm³/mol. The van der Waals surface area contributed by atoms with E-state index in [2.05, 4.69) is 13.8 Å². The molecule has 0 heterocycles. The summed E-state index contributed by atoms with van der Waals surface area (Å²) in [4.78, 5) is 10.9. The zero-order valence-corrected chi connectivity index (χ0v) is 8.55. The molecule has 1 fully saturated rings. The number of hydrogen-bond acceptors (Lipinski definition) is 2. The number of carbonyl (C=O) groups is 1. The van der Waals surface area contributed by atoms with Gasteiger partial charge in [-0.3, -0.25) is 4.79 Å². The van der Waals surface area contributed by atoms with Crippen molar-refractivity contribution < 1.29 is 4.79 Å². The van der Waals surface area contributed by atoms with Gasteiger partial charge in [0.2, 0.25) is 5.91 Å². The van der Waals surface area contributed by atoms with Crippen LogP contribution < -0.4 is 11.5 Å². The van der Waals surface area contributed by atoms with Crippen molar-refractivity contribution in [3.05, 3.63) is 0 Å². The molecular formula is C10H20N2O. The van der Waals surface area contributed by atoms with Gasteiger partial charge in [-0.2, -0.15) is 0 Å². The van der Waals surface area contributed by atoms with Crippen molar-refractivity contribution in [2.75, 3.05) is 0 Å². The highest BCUT2D eigenvalue weighted by Crippen LogP contribution is 2.38. The Morgan fingerprint density at radius 1 is 1.38 bits per heavy atom. The van der Waals surface area contributed by atoms with E-state index < -0.39 is 6.04 Å². The summed E-state index contributed by atoms with van der Waals surface area (Å²) in [5, 5.41) is 0. The van der Waals surface area contributed by atoms with E-state index in [-0.39, 0.29) is 5.91 Å². The molecule has 4 N–H and O–H groups in total. The van der Waals surface area contributed by atoms with Gasteiger partial charge in [0.05, 0.1) is 6.04 Å². The molecule has 3 heteroatoms. The zero-order chi connectivity index (χ0) is 10.1. The van der Waals surface area contributed by atoms with Crippen molar-refractivity contribution in [2.45, 2.75) is 45.6 Å². The van der Waals surface area contributed by atoms with Crippen LogP contribution in [0, 0.1) is 11.3 Å². The van der Waals surface area contributed by atoms with Crippen molar-refractivity contribution in [2.24, 2.45) is 22.8 Å². The molecule has 1 aliphatic carbocycles. The zero-order valence-electron chi connectivity index (χ0n) is 8.55. The minimum Gasteiger partial charge on any atom is -0.368 e. The van der Waals surface area contributed by atoms with E-state index in [1.54, 1.807) is 0 Å². The topological polar surface area (TPSA) is 69.1 Å². The van der Waals surface area contributed by atoms with E-state index in [9.17, 15) is 4.79 Å². The summed E-state index contributed by atoms with van der Waals surface area (Å²) in [5.41, 5.74) is 11.3. The molecule has 1 amide bonds. The second kappa shape index (κ2) is 3.66. The van der Waals surface area contributed by atoms with Crippen LogP contribution in [0.15, 0.2) is 0 Å². The van der Waals surface area contributed by atoms with E-state index in [4.69, 9.17) is 11.5 Å². The standard InChI is InChI=1S/C10H20N2O/c1-10(2)5-3-7(4-6-10)8(11)9(12)13/h7-8H,3-6,11H2,1-2H3,(H2,12,13). The highest BCUT2D eigenvalue weighted by atomic mass is 16.1. The van der Waals surface area contributed by atoms with Crippen molar-refractivity contribution in [1.29, 1.82) is 0 Å². The molecule has 3 nitrogen and oxygen atoms in total. The van der Waals surface area contributed by atoms with E-state index in [1.807, 2.05) is 0 Å². The van der Waals surface area contributed by atoms with Gasteiger partial charge in [-0.1, -0.05) is 13.8 Å². The lowest BCUT2D eigenvalue weighted by atomic mass is 9.71. The fraction of sp³-hybridized carbons (Fsp3) is 0.900. The summed E-state index contributed by atoms with van der Waals surface area (Å²) in [6, 6.07) is -0.434. The van der Waals surface area contributed by atoms with Crippen LogP contribution in [-0.4, -0.2) is 11.9 Å². The van der Waals surface area contributed by atoms with Crippen LogP contribution in [0.25, 0.3) is 0 Å². The Hall–Kier alpha value is -0.570. The van der Waals surface area contributed by atoms with Crippen molar-refractivity contribution >= 4 is 5.91 Å². The van der Waals surface area contributed by atoms with E-state index in [0.29, 0.717) is 11.3 Å². The maximum absolute atomic E-state index is 10.9. The first-order valence-electron chi connectivity index (χ1n) is 4.97. The number of primary amides is 1. The third-order valence-electron chi connectivity index (χ3n) is 3.22. The lowest BCUT2D eigenvalue weighted by Crippen LogP contribution is -2.44. The molecule has 1 atom stereocenters. The molecule has 0 bridgehead atoms. The Bertz CT molecular complexity index is 191. The monoisotopic (exact) mass is 184 g/mol. The van der Waals surface area contributed by atoms with Gasteiger partial charge in [-0.15, -0.1) is 0 Å². The normalized spacial score (nSPS) is 25.5. The number of amides is 1. The number of rotatable bonds is 2. The average molecular weight is 184 g/mol. The Kier molecular flexibility index (Phi) is 2.96. The smallest absolute Gasteiger partial charge is 0.234 e. The van der Waals surface area contributed by atoms with Crippen molar-refractivity contribution in [1.82, 2.24) is 0 Å². The van der Waals surface area contributed by atoms with Crippen LogP contribution in [0.3, 0.4) is 0 Å². The highest BCUT2D eigenvalue weighted by molar-refractivity contribution is 5.79. The molecule has 1 aliphatic rings. The Balaban J connectivity index is 2.45. The van der Waals surface area contributed by atoms with Gasteiger partial charge < -0.3 is 11.5 Å². The predicted octanol–water partition coefficient (Wildman–Crippen LogP) is 1.02. The molecule has 0 aromatic heterocycles. The van der Waals surface area contributed by atoms with Crippen LogP contribution >= 0.6 is 0 Å². The summed E-state index contributed by atoms with van der Waals surface area (Å²) in [7, 11) is 0. The third-order valence-corrected chi connectivity index (χ3v) is 3.22. The number of carbonyl (C=O) groups excluding carboxylic acids is 1. The second-order valence-electron chi connectivity index (χ2n) is 4.93. The Morgan fingerprint density at radius 2 is 1.85 bits per heavy atom.